The average Bonchev–Trinajstić information content (AvgIpc) is 3.06. The first kappa shape index (κ1) is 17.1. The topological polar surface area (TPSA) is 68.0 Å². The van der Waals surface area contributed by atoms with Gasteiger partial charge >= 0.3 is 0 Å². The van der Waals surface area contributed by atoms with Crippen molar-refractivity contribution >= 4 is 17.5 Å². The number of amides is 1. The lowest BCUT2D eigenvalue weighted by Crippen LogP contribution is -2.34. The Balaban J connectivity index is 1.65. The summed E-state index contributed by atoms with van der Waals surface area (Å²) < 4.78 is 18.5. The SMILES string of the molecule is CC(Cc1nc(-c2ccccc2)no1)NC(=O)c1cc(F)ccc1Cl. The highest BCUT2D eigenvalue weighted by Gasteiger charge is 2.17. The van der Waals surface area contributed by atoms with Crippen molar-refractivity contribution in [3.05, 3.63) is 70.8 Å². The number of aromatic nitrogens is 2. The first-order valence-corrected chi connectivity index (χ1v) is 8.04. The van der Waals surface area contributed by atoms with Crippen LogP contribution in [0.1, 0.15) is 23.2 Å². The van der Waals surface area contributed by atoms with Gasteiger partial charge in [0, 0.05) is 18.0 Å². The minimum Gasteiger partial charge on any atom is -0.349 e. The molecule has 0 spiro atoms. The second-order valence-electron chi connectivity index (χ2n) is 5.58. The number of rotatable bonds is 5. The number of benzene rings is 2. The van der Waals surface area contributed by atoms with Crippen molar-refractivity contribution in [2.45, 2.75) is 19.4 Å². The molecule has 3 rings (SSSR count). The van der Waals surface area contributed by atoms with Gasteiger partial charge in [-0.25, -0.2) is 4.39 Å². The van der Waals surface area contributed by atoms with Crippen LogP contribution in [0.2, 0.25) is 5.02 Å². The standard InChI is InChI=1S/C18H15ClFN3O2/c1-11(21-18(24)14-10-13(20)7-8-15(14)19)9-16-22-17(23-25-16)12-5-3-2-4-6-12/h2-8,10-11H,9H2,1H3,(H,21,24). The van der Waals surface area contributed by atoms with Crippen LogP contribution in [0, 0.1) is 5.82 Å². The maximum absolute atomic E-state index is 13.3. The molecule has 1 unspecified atom stereocenters. The molecule has 0 saturated carbocycles. The van der Waals surface area contributed by atoms with Crippen LogP contribution in [0.15, 0.2) is 53.1 Å². The van der Waals surface area contributed by atoms with Crippen LogP contribution in [0.3, 0.4) is 0 Å². The molecule has 1 amide bonds. The normalized spacial score (nSPS) is 12.0. The van der Waals surface area contributed by atoms with Gasteiger partial charge in [0.2, 0.25) is 11.7 Å². The molecule has 1 atom stereocenters. The van der Waals surface area contributed by atoms with Crippen LogP contribution in [0.25, 0.3) is 11.4 Å². The third kappa shape index (κ3) is 4.22. The number of nitrogens with one attached hydrogen (secondary N) is 1. The van der Waals surface area contributed by atoms with Crippen molar-refractivity contribution in [1.29, 1.82) is 0 Å². The highest BCUT2D eigenvalue weighted by atomic mass is 35.5. The molecule has 7 heteroatoms. The van der Waals surface area contributed by atoms with Gasteiger partial charge in [-0.2, -0.15) is 4.98 Å². The molecule has 1 heterocycles. The Morgan fingerprint density at radius 2 is 2.04 bits per heavy atom. The smallest absolute Gasteiger partial charge is 0.253 e. The van der Waals surface area contributed by atoms with E-state index in [4.69, 9.17) is 16.1 Å². The third-order valence-electron chi connectivity index (χ3n) is 3.53. The molecule has 0 aliphatic rings. The molecule has 0 saturated heterocycles. The highest BCUT2D eigenvalue weighted by molar-refractivity contribution is 6.33. The second-order valence-corrected chi connectivity index (χ2v) is 5.99. The first-order chi connectivity index (χ1) is 12.0. The first-order valence-electron chi connectivity index (χ1n) is 7.67. The molecular weight excluding hydrogens is 345 g/mol. The zero-order valence-electron chi connectivity index (χ0n) is 13.4. The Bertz CT molecular complexity index is 883. The van der Waals surface area contributed by atoms with E-state index >= 15 is 0 Å². The van der Waals surface area contributed by atoms with E-state index in [-0.39, 0.29) is 16.6 Å². The van der Waals surface area contributed by atoms with Gasteiger partial charge in [0.15, 0.2) is 0 Å². The minimum absolute atomic E-state index is 0.0871. The molecule has 5 nitrogen and oxygen atoms in total. The molecule has 25 heavy (non-hydrogen) atoms. The summed E-state index contributed by atoms with van der Waals surface area (Å²) in [6.07, 6.45) is 0.346. The fourth-order valence-corrected chi connectivity index (χ4v) is 2.53. The summed E-state index contributed by atoms with van der Waals surface area (Å²) in [5.41, 5.74) is 0.935. The molecule has 1 aromatic heterocycles. The van der Waals surface area contributed by atoms with E-state index in [1.807, 2.05) is 30.3 Å². The van der Waals surface area contributed by atoms with E-state index in [1.54, 1.807) is 6.92 Å². The van der Waals surface area contributed by atoms with Crippen molar-refractivity contribution in [2.75, 3.05) is 0 Å². The Hall–Kier alpha value is -2.73. The van der Waals surface area contributed by atoms with Gasteiger partial charge < -0.3 is 9.84 Å². The zero-order chi connectivity index (χ0) is 17.8. The van der Waals surface area contributed by atoms with Crippen molar-refractivity contribution in [3.8, 4) is 11.4 Å². The summed E-state index contributed by atoms with van der Waals surface area (Å²) in [6, 6.07) is 12.8. The summed E-state index contributed by atoms with van der Waals surface area (Å²) >= 11 is 5.94. The number of halogens is 2. The van der Waals surface area contributed by atoms with Gasteiger partial charge in [-0.15, -0.1) is 0 Å². The molecular formula is C18H15ClFN3O2. The lowest BCUT2D eigenvalue weighted by atomic mass is 10.1. The Labute approximate surface area is 148 Å². The van der Waals surface area contributed by atoms with E-state index in [0.717, 1.165) is 11.6 Å². The lowest BCUT2D eigenvalue weighted by molar-refractivity contribution is 0.0938. The number of hydrogen-bond donors (Lipinski definition) is 1. The maximum atomic E-state index is 13.3. The van der Waals surface area contributed by atoms with Gasteiger partial charge in [-0.05, 0) is 25.1 Å². The van der Waals surface area contributed by atoms with Crippen LogP contribution in [0.5, 0.6) is 0 Å². The summed E-state index contributed by atoms with van der Waals surface area (Å²) in [5, 5.41) is 6.87. The fourth-order valence-electron chi connectivity index (χ4n) is 2.33. The lowest BCUT2D eigenvalue weighted by Gasteiger charge is -2.12. The van der Waals surface area contributed by atoms with E-state index < -0.39 is 11.7 Å². The average molecular weight is 360 g/mol. The number of nitrogens with zero attached hydrogens (tertiary/aromatic N) is 2. The number of hydrogen-bond acceptors (Lipinski definition) is 4. The van der Waals surface area contributed by atoms with Crippen LogP contribution >= 0.6 is 11.6 Å². The summed E-state index contributed by atoms with van der Waals surface area (Å²) in [4.78, 5) is 16.5. The van der Waals surface area contributed by atoms with Crippen LogP contribution < -0.4 is 5.32 Å². The molecule has 128 valence electrons. The summed E-state index contributed by atoms with van der Waals surface area (Å²) in [5.74, 6) is -0.0919. The molecule has 0 aliphatic carbocycles. The predicted molar refractivity (Wildman–Crippen MR) is 91.8 cm³/mol. The molecule has 2 aromatic carbocycles. The van der Waals surface area contributed by atoms with Crippen LogP contribution in [-0.4, -0.2) is 22.1 Å². The number of carbonyl (C=O) groups excluding carboxylic acids is 1. The number of carbonyl (C=O) groups is 1. The molecule has 0 bridgehead atoms. The Kier molecular flexibility index (Phi) is 5.09. The van der Waals surface area contributed by atoms with Gasteiger partial charge in [0.25, 0.3) is 5.91 Å². The monoisotopic (exact) mass is 359 g/mol. The molecule has 0 radical (unpaired) electrons. The van der Waals surface area contributed by atoms with Crippen LogP contribution in [-0.2, 0) is 6.42 Å². The molecule has 0 fully saturated rings. The minimum atomic E-state index is -0.522. The Morgan fingerprint density at radius 3 is 2.80 bits per heavy atom. The largest absolute Gasteiger partial charge is 0.349 e. The van der Waals surface area contributed by atoms with Gasteiger partial charge in [-0.3, -0.25) is 4.79 Å². The third-order valence-corrected chi connectivity index (χ3v) is 3.86. The van der Waals surface area contributed by atoms with Crippen molar-refractivity contribution in [2.24, 2.45) is 0 Å². The van der Waals surface area contributed by atoms with Crippen molar-refractivity contribution in [3.63, 3.8) is 0 Å². The Morgan fingerprint density at radius 1 is 1.28 bits per heavy atom. The maximum Gasteiger partial charge on any atom is 0.253 e. The van der Waals surface area contributed by atoms with E-state index in [1.165, 1.54) is 12.1 Å². The summed E-state index contributed by atoms with van der Waals surface area (Å²) in [6.45, 7) is 1.79. The fraction of sp³-hybridized carbons (Fsp3) is 0.167. The molecule has 3 aromatic rings. The summed E-state index contributed by atoms with van der Waals surface area (Å²) in [7, 11) is 0. The molecule has 1 N–H and O–H groups in total. The van der Waals surface area contributed by atoms with Gasteiger partial charge in [-0.1, -0.05) is 47.1 Å². The van der Waals surface area contributed by atoms with E-state index in [0.29, 0.717) is 18.1 Å². The second kappa shape index (κ2) is 7.44. The van der Waals surface area contributed by atoms with Crippen molar-refractivity contribution < 1.29 is 13.7 Å². The van der Waals surface area contributed by atoms with Crippen molar-refractivity contribution in [1.82, 2.24) is 15.5 Å². The predicted octanol–water partition coefficient (Wildman–Crippen LogP) is 3.89. The van der Waals surface area contributed by atoms with E-state index in [2.05, 4.69) is 15.5 Å². The van der Waals surface area contributed by atoms with Crippen LogP contribution in [0.4, 0.5) is 4.39 Å². The quantitative estimate of drug-likeness (QED) is 0.750. The van der Waals surface area contributed by atoms with Gasteiger partial charge in [0.1, 0.15) is 5.82 Å². The van der Waals surface area contributed by atoms with E-state index in [9.17, 15) is 9.18 Å². The molecule has 0 aliphatic heterocycles. The van der Waals surface area contributed by atoms with Gasteiger partial charge in [0.05, 0.1) is 10.6 Å². The highest BCUT2D eigenvalue weighted by Crippen LogP contribution is 2.18. The zero-order valence-corrected chi connectivity index (χ0v) is 14.1.